The Morgan fingerprint density at radius 2 is 1.84 bits per heavy atom. The molecular formula is C23H30N4O3S. The number of rotatable bonds is 7. The van der Waals surface area contributed by atoms with Gasteiger partial charge in [-0.05, 0) is 55.9 Å². The lowest BCUT2D eigenvalue weighted by molar-refractivity contribution is -0.134. The van der Waals surface area contributed by atoms with Gasteiger partial charge < -0.3 is 10.6 Å². The lowest BCUT2D eigenvalue weighted by Crippen LogP contribution is -2.51. The number of hydrogen-bond donors (Lipinski definition) is 3. The van der Waals surface area contributed by atoms with Crippen molar-refractivity contribution in [3.8, 4) is 0 Å². The number of benzene rings is 2. The molecule has 1 saturated heterocycles. The summed E-state index contributed by atoms with van der Waals surface area (Å²) in [5, 5.41) is 7.64. The second kappa shape index (κ2) is 9.62. The van der Waals surface area contributed by atoms with Crippen LogP contribution in [0.4, 0.5) is 0 Å². The number of carbonyl (C=O) groups excluding carboxylic acids is 1. The van der Waals surface area contributed by atoms with E-state index in [9.17, 15) is 13.2 Å². The summed E-state index contributed by atoms with van der Waals surface area (Å²) < 4.78 is 28.7. The summed E-state index contributed by atoms with van der Waals surface area (Å²) in [6, 6.07) is 12.6. The number of amidine groups is 1. The number of nitrogen functional groups attached to an aromatic ring is 1. The number of nitrogens with zero attached hydrogens (tertiary/aromatic N) is 1. The number of nitrogens with one attached hydrogen (secondary N) is 2. The molecule has 4 N–H and O–H groups in total. The molecule has 0 unspecified atom stereocenters. The third-order valence-corrected chi connectivity index (χ3v) is 7.19. The average molecular weight is 443 g/mol. The highest BCUT2D eigenvalue weighted by molar-refractivity contribution is 7.89. The standard InChI is InChI=1S/C23H30N4O3S/c1-16-6-8-20(9-7-16)31(29,30)26-21(23(28)27-12-10-17(2)11-13-27)15-18-4-3-5-19(14-18)22(24)25/h3-9,14,17,21,26H,10-13,15H2,1-2H3,(H3,24,25)/t21-/m0/s1. The summed E-state index contributed by atoms with van der Waals surface area (Å²) >= 11 is 0. The van der Waals surface area contributed by atoms with Gasteiger partial charge in [-0.15, -0.1) is 0 Å². The zero-order chi connectivity index (χ0) is 22.6. The van der Waals surface area contributed by atoms with Gasteiger partial charge in [-0.25, -0.2) is 8.42 Å². The molecule has 8 heteroatoms. The van der Waals surface area contributed by atoms with Gasteiger partial charge in [0.15, 0.2) is 0 Å². The summed E-state index contributed by atoms with van der Waals surface area (Å²) in [6.45, 7) is 5.29. The molecule has 1 amide bonds. The molecule has 3 rings (SSSR count). The first-order chi connectivity index (χ1) is 14.7. The smallest absolute Gasteiger partial charge is 0.241 e. The lowest BCUT2D eigenvalue weighted by Gasteiger charge is -2.33. The van der Waals surface area contributed by atoms with E-state index in [1.165, 1.54) is 12.1 Å². The van der Waals surface area contributed by atoms with E-state index in [2.05, 4.69) is 11.6 Å². The van der Waals surface area contributed by atoms with Gasteiger partial charge in [-0.3, -0.25) is 10.2 Å². The van der Waals surface area contributed by atoms with E-state index in [4.69, 9.17) is 11.1 Å². The summed E-state index contributed by atoms with van der Waals surface area (Å²) in [7, 11) is -3.88. The van der Waals surface area contributed by atoms with Crippen LogP contribution in [0.1, 0.15) is 36.5 Å². The quantitative estimate of drug-likeness (QED) is 0.451. The van der Waals surface area contributed by atoms with Crippen LogP contribution in [-0.4, -0.2) is 44.2 Å². The normalized spacial score (nSPS) is 16.1. The molecule has 166 valence electrons. The number of likely N-dealkylation sites (tertiary alicyclic amines) is 1. The Morgan fingerprint density at radius 1 is 1.19 bits per heavy atom. The zero-order valence-corrected chi connectivity index (χ0v) is 18.8. The monoisotopic (exact) mass is 442 g/mol. The van der Waals surface area contributed by atoms with E-state index in [1.54, 1.807) is 35.2 Å². The minimum absolute atomic E-state index is 0.0741. The van der Waals surface area contributed by atoms with Crippen molar-refractivity contribution in [2.45, 2.75) is 44.0 Å². The van der Waals surface area contributed by atoms with Crippen LogP contribution in [0.5, 0.6) is 0 Å². The first-order valence-corrected chi connectivity index (χ1v) is 11.9. The average Bonchev–Trinajstić information content (AvgIpc) is 2.73. The van der Waals surface area contributed by atoms with Crippen molar-refractivity contribution in [2.24, 2.45) is 11.7 Å². The number of hydrogen-bond acceptors (Lipinski definition) is 4. The maximum atomic E-state index is 13.3. The molecule has 1 fully saturated rings. The topological polar surface area (TPSA) is 116 Å². The molecule has 7 nitrogen and oxygen atoms in total. The molecule has 0 saturated carbocycles. The maximum absolute atomic E-state index is 13.3. The fourth-order valence-electron chi connectivity index (χ4n) is 3.70. The Morgan fingerprint density at radius 3 is 2.45 bits per heavy atom. The van der Waals surface area contributed by atoms with Crippen molar-refractivity contribution in [1.82, 2.24) is 9.62 Å². The fourth-order valence-corrected chi connectivity index (χ4v) is 4.89. The van der Waals surface area contributed by atoms with Crippen molar-refractivity contribution in [1.29, 1.82) is 5.41 Å². The van der Waals surface area contributed by atoms with E-state index < -0.39 is 16.1 Å². The summed E-state index contributed by atoms with van der Waals surface area (Å²) in [5.74, 6) is 0.254. The largest absolute Gasteiger partial charge is 0.384 e. The van der Waals surface area contributed by atoms with Gasteiger partial charge in [0, 0.05) is 18.7 Å². The zero-order valence-electron chi connectivity index (χ0n) is 18.0. The summed E-state index contributed by atoms with van der Waals surface area (Å²) in [6.07, 6.45) is 1.99. The molecule has 1 aliphatic rings. The van der Waals surface area contributed by atoms with Gasteiger partial charge in [0.2, 0.25) is 15.9 Å². The minimum Gasteiger partial charge on any atom is -0.384 e. The molecule has 0 aliphatic carbocycles. The van der Waals surface area contributed by atoms with Crippen molar-refractivity contribution in [2.75, 3.05) is 13.1 Å². The van der Waals surface area contributed by atoms with Crippen molar-refractivity contribution < 1.29 is 13.2 Å². The van der Waals surface area contributed by atoms with Crippen LogP contribution >= 0.6 is 0 Å². The van der Waals surface area contributed by atoms with Crippen molar-refractivity contribution >= 4 is 21.8 Å². The molecule has 31 heavy (non-hydrogen) atoms. The van der Waals surface area contributed by atoms with Crippen LogP contribution in [0.25, 0.3) is 0 Å². The SMILES string of the molecule is Cc1ccc(S(=O)(=O)N[C@@H](Cc2cccc(C(=N)N)c2)C(=O)N2CCC(C)CC2)cc1. The highest BCUT2D eigenvalue weighted by atomic mass is 32.2. The number of aryl methyl sites for hydroxylation is 1. The maximum Gasteiger partial charge on any atom is 0.241 e. The van der Waals surface area contributed by atoms with Crippen LogP contribution < -0.4 is 10.5 Å². The second-order valence-electron chi connectivity index (χ2n) is 8.31. The third-order valence-electron chi connectivity index (χ3n) is 5.70. The van der Waals surface area contributed by atoms with Gasteiger partial charge in [0.1, 0.15) is 11.9 Å². The number of carbonyl (C=O) groups is 1. The molecular weight excluding hydrogens is 412 g/mol. The molecule has 0 aromatic heterocycles. The molecule has 1 aliphatic heterocycles. The Kier molecular flexibility index (Phi) is 7.12. The number of amides is 1. The fraction of sp³-hybridized carbons (Fsp3) is 0.391. The van der Waals surface area contributed by atoms with Gasteiger partial charge in [-0.2, -0.15) is 4.72 Å². The molecule has 0 bridgehead atoms. The van der Waals surface area contributed by atoms with Crippen LogP contribution in [0.2, 0.25) is 0 Å². The summed E-state index contributed by atoms with van der Waals surface area (Å²) in [5.41, 5.74) is 7.82. The van der Waals surface area contributed by atoms with E-state index in [1.807, 2.05) is 13.0 Å². The second-order valence-corrected chi connectivity index (χ2v) is 10.0. The summed E-state index contributed by atoms with van der Waals surface area (Å²) in [4.78, 5) is 15.2. The van der Waals surface area contributed by atoms with E-state index in [-0.39, 0.29) is 23.1 Å². The Labute approximate surface area is 184 Å². The van der Waals surface area contributed by atoms with Crippen molar-refractivity contribution in [3.05, 3.63) is 65.2 Å². The van der Waals surface area contributed by atoms with Crippen LogP contribution in [-0.2, 0) is 21.2 Å². The highest BCUT2D eigenvalue weighted by Crippen LogP contribution is 2.19. The number of nitrogens with two attached hydrogens (primary N) is 1. The molecule has 1 atom stereocenters. The van der Waals surface area contributed by atoms with E-state index in [0.717, 1.165) is 24.0 Å². The number of piperidine rings is 1. The number of sulfonamides is 1. The van der Waals surface area contributed by atoms with Gasteiger partial charge in [0.05, 0.1) is 4.90 Å². The highest BCUT2D eigenvalue weighted by Gasteiger charge is 2.31. The third kappa shape index (κ3) is 5.92. The molecule has 2 aromatic carbocycles. The lowest BCUT2D eigenvalue weighted by atomic mass is 9.97. The van der Waals surface area contributed by atoms with Crippen LogP contribution in [0, 0.1) is 18.3 Å². The Balaban J connectivity index is 1.88. The van der Waals surface area contributed by atoms with E-state index in [0.29, 0.717) is 24.6 Å². The minimum atomic E-state index is -3.88. The molecule has 0 radical (unpaired) electrons. The predicted molar refractivity (Wildman–Crippen MR) is 121 cm³/mol. The van der Waals surface area contributed by atoms with Gasteiger partial charge in [0.25, 0.3) is 0 Å². The van der Waals surface area contributed by atoms with E-state index >= 15 is 0 Å². The first kappa shape index (κ1) is 23.0. The molecule has 2 aromatic rings. The Hall–Kier alpha value is -2.71. The Bertz CT molecular complexity index is 1040. The molecule has 0 spiro atoms. The van der Waals surface area contributed by atoms with Gasteiger partial charge in [-0.1, -0.05) is 42.8 Å². The van der Waals surface area contributed by atoms with Crippen LogP contribution in [0.3, 0.4) is 0 Å². The van der Waals surface area contributed by atoms with Crippen LogP contribution in [0.15, 0.2) is 53.4 Å². The van der Waals surface area contributed by atoms with Crippen molar-refractivity contribution in [3.63, 3.8) is 0 Å². The molecule has 1 heterocycles. The predicted octanol–water partition coefficient (Wildman–Crippen LogP) is 2.43. The first-order valence-electron chi connectivity index (χ1n) is 10.5. The van der Waals surface area contributed by atoms with Gasteiger partial charge >= 0.3 is 0 Å².